The highest BCUT2D eigenvalue weighted by atomic mass is 35.5. The van der Waals surface area contributed by atoms with Gasteiger partial charge in [0.25, 0.3) is 0 Å². The molecule has 1 fully saturated rings. The quantitative estimate of drug-likeness (QED) is 0.735. The fourth-order valence-corrected chi connectivity index (χ4v) is 2.45. The topological polar surface area (TPSA) is 26.0 Å². The number of halogens is 4. The molecular weight excluding hydrogens is 211 g/mol. The average molecular weight is 222 g/mol. The van der Waals surface area contributed by atoms with Gasteiger partial charge in [0.15, 0.2) is 0 Å². The van der Waals surface area contributed by atoms with Crippen LogP contribution in [0.25, 0.3) is 0 Å². The van der Waals surface area contributed by atoms with Crippen molar-refractivity contribution in [2.24, 2.45) is 5.73 Å². The van der Waals surface area contributed by atoms with Crippen LogP contribution in [0.3, 0.4) is 0 Å². The maximum atomic E-state index is 12.3. The lowest BCUT2D eigenvalue weighted by Crippen LogP contribution is -2.46. The smallest absolute Gasteiger partial charge is 0.329 e. The number of hydrogen-bond donors (Lipinski definition) is 1. The molecule has 1 unspecified atom stereocenters. The van der Waals surface area contributed by atoms with E-state index in [2.05, 4.69) is 0 Å². The van der Waals surface area contributed by atoms with Gasteiger partial charge in [0.1, 0.15) is 4.75 Å². The van der Waals surface area contributed by atoms with Crippen molar-refractivity contribution in [1.82, 2.24) is 0 Å². The van der Waals surface area contributed by atoms with Gasteiger partial charge in [-0.2, -0.15) is 13.2 Å². The molecule has 1 atom stereocenters. The van der Waals surface area contributed by atoms with Gasteiger partial charge in [0, 0.05) is 6.54 Å². The zero-order valence-electron chi connectivity index (χ0n) is 6.36. The Labute approximate surface area is 79.7 Å². The zero-order chi connectivity index (χ0) is 8.54. The Kier molecular flexibility index (Phi) is 4.20. The van der Waals surface area contributed by atoms with Crippen molar-refractivity contribution in [2.75, 3.05) is 12.3 Å². The van der Waals surface area contributed by atoms with Crippen LogP contribution in [-0.4, -0.2) is 23.2 Å². The fraction of sp³-hybridized carbons (Fsp3) is 1.00. The lowest BCUT2D eigenvalue weighted by molar-refractivity contribution is -0.157. The minimum atomic E-state index is -4.14. The van der Waals surface area contributed by atoms with Crippen LogP contribution in [-0.2, 0) is 0 Å². The SMILES string of the molecule is Cl.NCC1(C(F)(F)F)CCCS1. The standard InChI is InChI=1S/C6H10F3NS.ClH/c7-6(8,9)5(4-10)2-1-3-11-5;/h1-4,10H2;1H. The van der Waals surface area contributed by atoms with Crippen LogP contribution in [0.4, 0.5) is 13.2 Å². The molecule has 0 aromatic rings. The minimum Gasteiger partial charge on any atom is -0.329 e. The largest absolute Gasteiger partial charge is 0.404 e. The van der Waals surface area contributed by atoms with E-state index in [1.54, 1.807) is 0 Å². The van der Waals surface area contributed by atoms with Crippen LogP contribution in [0.15, 0.2) is 0 Å². The molecule has 0 radical (unpaired) electrons. The molecule has 1 heterocycles. The molecule has 2 N–H and O–H groups in total. The van der Waals surface area contributed by atoms with Crippen molar-refractivity contribution >= 4 is 24.2 Å². The third-order valence-corrected chi connectivity index (χ3v) is 3.60. The first-order chi connectivity index (χ1) is 5.02. The van der Waals surface area contributed by atoms with Crippen molar-refractivity contribution < 1.29 is 13.2 Å². The van der Waals surface area contributed by atoms with Gasteiger partial charge in [-0.3, -0.25) is 0 Å². The molecule has 1 rings (SSSR count). The second kappa shape index (κ2) is 4.07. The summed E-state index contributed by atoms with van der Waals surface area (Å²) in [5.74, 6) is 0.580. The van der Waals surface area contributed by atoms with Crippen molar-refractivity contribution in [1.29, 1.82) is 0 Å². The van der Waals surface area contributed by atoms with E-state index in [-0.39, 0.29) is 25.4 Å². The first-order valence-corrected chi connectivity index (χ1v) is 4.41. The van der Waals surface area contributed by atoms with E-state index < -0.39 is 10.9 Å². The summed E-state index contributed by atoms with van der Waals surface area (Å²) >= 11 is 0.947. The molecule has 0 aliphatic carbocycles. The molecule has 1 aliphatic rings. The summed E-state index contributed by atoms with van der Waals surface area (Å²) in [6, 6.07) is 0. The first-order valence-electron chi connectivity index (χ1n) is 3.43. The molecular formula is C6H11ClF3NS. The molecule has 6 heteroatoms. The maximum absolute atomic E-state index is 12.3. The summed E-state index contributed by atoms with van der Waals surface area (Å²) in [5, 5.41) is 0. The van der Waals surface area contributed by atoms with E-state index in [1.165, 1.54) is 0 Å². The summed E-state index contributed by atoms with van der Waals surface area (Å²) in [4.78, 5) is 0. The van der Waals surface area contributed by atoms with E-state index in [0.717, 1.165) is 11.8 Å². The zero-order valence-corrected chi connectivity index (χ0v) is 7.99. The lowest BCUT2D eigenvalue weighted by atomic mass is 10.0. The van der Waals surface area contributed by atoms with E-state index in [4.69, 9.17) is 5.73 Å². The number of rotatable bonds is 1. The van der Waals surface area contributed by atoms with Gasteiger partial charge in [-0.1, -0.05) is 0 Å². The highest BCUT2D eigenvalue weighted by Crippen LogP contribution is 2.48. The van der Waals surface area contributed by atoms with Gasteiger partial charge >= 0.3 is 6.18 Å². The van der Waals surface area contributed by atoms with Gasteiger partial charge in [-0.05, 0) is 18.6 Å². The molecule has 1 aliphatic heterocycles. The number of thioether (sulfide) groups is 1. The summed E-state index contributed by atoms with van der Waals surface area (Å²) in [6.45, 7) is -0.291. The molecule has 0 bridgehead atoms. The fourth-order valence-electron chi connectivity index (χ4n) is 1.20. The minimum absolute atomic E-state index is 0. The van der Waals surface area contributed by atoms with Crippen LogP contribution in [0.1, 0.15) is 12.8 Å². The van der Waals surface area contributed by atoms with Crippen LogP contribution < -0.4 is 5.73 Å². The van der Waals surface area contributed by atoms with Gasteiger partial charge in [0.05, 0.1) is 0 Å². The Morgan fingerprint density at radius 2 is 2.00 bits per heavy atom. The van der Waals surface area contributed by atoms with E-state index in [0.29, 0.717) is 12.2 Å². The molecule has 74 valence electrons. The molecule has 12 heavy (non-hydrogen) atoms. The highest BCUT2D eigenvalue weighted by Gasteiger charge is 2.55. The average Bonchev–Trinajstić information content (AvgIpc) is 2.33. The summed E-state index contributed by atoms with van der Waals surface area (Å²) < 4.78 is 35.3. The molecule has 0 aromatic heterocycles. The Balaban J connectivity index is 0.00000121. The van der Waals surface area contributed by atoms with Gasteiger partial charge in [-0.15, -0.1) is 24.2 Å². The van der Waals surface area contributed by atoms with Gasteiger partial charge in [0.2, 0.25) is 0 Å². The normalized spacial score (nSPS) is 30.0. The third kappa shape index (κ3) is 2.00. The molecule has 0 aromatic carbocycles. The lowest BCUT2D eigenvalue weighted by Gasteiger charge is -2.28. The first kappa shape index (κ1) is 12.4. The maximum Gasteiger partial charge on any atom is 0.404 e. The second-order valence-electron chi connectivity index (χ2n) is 2.65. The van der Waals surface area contributed by atoms with Crippen molar-refractivity contribution in [3.8, 4) is 0 Å². The number of hydrogen-bond acceptors (Lipinski definition) is 2. The third-order valence-electron chi connectivity index (χ3n) is 1.95. The van der Waals surface area contributed by atoms with E-state index >= 15 is 0 Å². The van der Waals surface area contributed by atoms with E-state index in [1.807, 2.05) is 0 Å². The molecule has 0 spiro atoms. The molecule has 0 amide bonds. The van der Waals surface area contributed by atoms with Crippen LogP contribution in [0.2, 0.25) is 0 Å². The van der Waals surface area contributed by atoms with Gasteiger partial charge in [-0.25, -0.2) is 0 Å². The predicted molar refractivity (Wildman–Crippen MR) is 46.8 cm³/mol. The number of nitrogens with two attached hydrogens (primary N) is 1. The Hall–Kier alpha value is 0.390. The highest BCUT2D eigenvalue weighted by molar-refractivity contribution is 8.01. The molecule has 0 saturated carbocycles. The van der Waals surface area contributed by atoms with Crippen LogP contribution in [0.5, 0.6) is 0 Å². The molecule has 1 saturated heterocycles. The van der Waals surface area contributed by atoms with Crippen molar-refractivity contribution in [3.63, 3.8) is 0 Å². The number of alkyl halides is 3. The summed E-state index contributed by atoms with van der Waals surface area (Å²) in [5.41, 5.74) is 5.11. The monoisotopic (exact) mass is 221 g/mol. The Bertz CT molecular complexity index is 144. The predicted octanol–water partition coefficient (Wildman–Crippen LogP) is 2.20. The summed E-state index contributed by atoms with van der Waals surface area (Å²) in [6.07, 6.45) is -3.33. The van der Waals surface area contributed by atoms with Crippen molar-refractivity contribution in [3.05, 3.63) is 0 Å². The van der Waals surface area contributed by atoms with E-state index in [9.17, 15) is 13.2 Å². The van der Waals surface area contributed by atoms with Gasteiger partial charge < -0.3 is 5.73 Å². The molecule has 1 nitrogen and oxygen atoms in total. The summed E-state index contributed by atoms with van der Waals surface area (Å²) in [7, 11) is 0. The Morgan fingerprint density at radius 3 is 2.17 bits per heavy atom. The second-order valence-corrected chi connectivity index (χ2v) is 4.13. The van der Waals surface area contributed by atoms with Crippen molar-refractivity contribution in [2.45, 2.75) is 23.8 Å². The Morgan fingerprint density at radius 1 is 1.42 bits per heavy atom. The van der Waals surface area contributed by atoms with Crippen LogP contribution in [0, 0.1) is 0 Å². The van der Waals surface area contributed by atoms with Crippen LogP contribution >= 0.6 is 24.2 Å².